The molecule has 5 heteroatoms. The van der Waals surface area contributed by atoms with Crippen LogP contribution in [0.5, 0.6) is 0 Å². The summed E-state index contributed by atoms with van der Waals surface area (Å²) in [4.78, 5) is 13.4. The number of nitrogens with zero attached hydrogens (tertiary/aromatic N) is 2. The Morgan fingerprint density at radius 1 is 1.55 bits per heavy atom. The predicted octanol–water partition coefficient (Wildman–Crippen LogP) is 1.27. The minimum Gasteiger partial charge on any atom is -0.337 e. The number of likely N-dealkylation sites (N-methyl/N-ethyl adjacent to an activating group) is 1. The van der Waals surface area contributed by atoms with Gasteiger partial charge >= 0.3 is 0 Å². The molecule has 1 aromatic carbocycles. The highest BCUT2D eigenvalue weighted by Crippen LogP contribution is 2.12. The first-order valence-corrected chi connectivity index (χ1v) is 6.22. The molecule has 4 nitrogen and oxygen atoms in total. The third-order valence-electron chi connectivity index (χ3n) is 2.78. The summed E-state index contributed by atoms with van der Waals surface area (Å²) < 4.78 is 13.8. The Labute approximate surface area is 118 Å². The van der Waals surface area contributed by atoms with Crippen LogP contribution in [0.1, 0.15) is 18.1 Å². The lowest BCUT2D eigenvalue weighted by atomic mass is 10.1. The van der Waals surface area contributed by atoms with Gasteiger partial charge in [0.2, 0.25) is 5.91 Å². The predicted molar refractivity (Wildman–Crippen MR) is 73.9 cm³/mol. The summed E-state index contributed by atoms with van der Waals surface area (Å²) in [6.07, 6.45) is 5.08. The number of halogens is 1. The molecule has 0 aliphatic carbocycles. The quantitative estimate of drug-likeness (QED) is 0.627. The number of rotatable bonds is 6. The van der Waals surface area contributed by atoms with Gasteiger partial charge in [0.15, 0.2) is 0 Å². The van der Waals surface area contributed by atoms with Crippen LogP contribution in [0.3, 0.4) is 0 Å². The van der Waals surface area contributed by atoms with Crippen molar-refractivity contribution in [2.75, 3.05) is 19.6 Å². The van der Waals surface area contributed by atoms with Gasteiger partial charge in [-0.05, 0) is 19.1 Å². The lowest BCUT2D eigenvalue weighted by Crippen LogP contribution is -2.38. The van der Waals surface area contributed by atoms with Crippen molar-refractivity contribution in [3.63, 3.8) is 0 Å². The van der Waals surface area contributed by atoms with E-state index in [-0.39, 0.29) is 24.6 Å². The summed E-state index contributed by atoms with van der Waals surface area (Å²) in [6, 6.07) is 6.10. The molecule has 0 bridgehead atoms. The van der Waals surface area contributed by atoms with Crippen LogP contribution in [-0.2, 0) is 11.3 Å². The average molecular weight is 273 g/mol. The normalized spacial score (nSPS) is 9.60. The van der Waals surface area contributed by atoms with E-state index in [1.165, 1.54) is 23.1 Å². The van der Waals surface area contributed by atoms with Gasteiger partial charge in [-0.15, -0.1) is 6.42 Å². The van der Waals surface area contributed by atoms with Crippen LogP contribution in [-0.4, -0.2) is 30.4 Å². The van der Waals surface area contributed by atoms with Gasteiger partial charge in [0.25, 0.3) is 0 Å². The number of hydrogen-bond donors (Lipinski definition) is 1. The molecule has 1 aromatic rings. The van der Waals surface area contributed by atoms with Gasteiger partial charge in [-0.1, -0.05) is 12.0 Å². The second-order valence-corrected chi connectivity index (χ2v) is 4.13. The van der Waals surface area contributed by atoms with Crippen molar-refractivity contribution in [3.05, 3.63) is 35.1 Å². The number of carbonyl (C=O) groups excluding carboxylic acids is 1. The van der Waals surface area contributed by atoms with Gasteiger partial charge in [0.05, 0.1) is 24.7 Å². The van der Waals surface area contributed by atoms with Gasteiger partial charge in [0, 0.05) is 18.7 Å². The van der Waals surface area contributed by atoms with E-state index in [1.807, 2.05) is 13.0 Å². The number of terminal acetylenes is 1. The first-order valence-electron chi connectivity index (χ1n) is 6.22. The second-order valence-electron chi connectivity index (χ2n) is 4.13. The van der Waals surface area contributed by atoms with Crippen molar-refractivity contribution in [2.24, 2.45) is 0 Å². The average Bonchev–Trinajstić information content (AvgIpc) is 2.46. The molecule has 0 aliphatic heterocycles. The zero-order valence-corrected chi connectivity index (χ0v) is 11.3. The van der Waals surface area contributed by atoms with Crippen LogP contribution in [0.4, 0.5) is 4.39 Å². The van der Waals surface area contributed by atoms with Crippen LogP contribution in [0.2, 0.25) is 0 Å². The fourth-order valence-corrected chi connectivity index (χ4v) is 1.68. The summed E-state index contributed by atoms with van der Waals surface area (Å²) in [5, 5.41) is 11.5. The Bertz CT molecular complexity index is 557. The maximum absolute atomic E-state index is 13.8. The zero-order chi connectivity index (χ0) is 15.0. The molecular weight excluding hydrogens is 257 g/mol. The van der Waals surface area contributed by atoms with Crippen LogP contribution in [0, 0.1) is 29.5 Å². The van der Waals surface area contributed by atoms with E-state index in [4.69, 9.17) is 11.7 Å². The van der Waals surface area contributed by atoms with E-state index in [2.05, 4.69) is 11.2 Å². The fourth-order valence-electron chi connectivity index (χ4n) is 1.68. The maximum atomic E-state index is 13.8. The molecule has 0 aromatic heterocycles. The Hall–Kier alpha value is -2.37. The summed E-state index contributed by atoms with van der Waals surface area (Å²) >= 11 is 0. The molecule has 0 saturated heterocycles. The Kier molecular flexibility index (Phi) is 6.22. The van der Waals surface area contributed by atoms with Gasteiger partial charge < -0.3 is 4.90 Å². The second kappa shape index (κ2) is 7.93. The molecule has 1 rings (SSSR count). The molecule has 0 unspecified atom stereocenters. The molecule has 0 radical (unpaired) electrons. The largest absolute Gasteiger partial charge is 0.337 e. The highest BCUT2D eigenvalue weighted by Gasteiger charge is 2.14. The fraction of sp³-hybridized carbons (Fsp3) is 0.333. The number of carbonyl (C=O) groups is 1. The van der Waals surface area contributed by atoms with E-state index < -0.39 is 5.82 Å². The first kappa shape index (κ1) is 15.7. The maximum Gasteiger partial charge on any atom is 0.236 e. The van der Waals surface area contributed by atoms with E-state index in [0.717, 1.165) is 0 Å². The molecule has 0 saturated carbocycles. The molecule has 0 spiro atoms. The first-order chi connectivity index (χ1) is 9.62. The smallest absolute Gasteiger partial charge is 0.236 e. The number of nitrogens with one attached hydrogen (secondary N) is 1. The number of nitriles is 1. The van der Waals surface area contributed by atoms with Crippen LogP contribution in [0.25, 0.3) is 0 Å². The topological polar surface area (TPSA) is 56.1 Å². The van der Waals surface area contributed by atoms with Gasteiger partial charge in [0.1, 0.15) is 5.82 Å². The minimum absolute atomic E-state index is 0.121. The van der Waals surface area contributed by atoms with E-state index in [1.54, 1.807) is 0 Å². The van der Waals surface area contributed by atoms with Crippen molar-refractivity contribution in [1.29, 1.82) is 5.26 Å². The van der Waals surface area contributed by atoms with Crippen molar-refractivity contribution < 1.29 is 9.18 Å². The summed E-state index contributed by atoms with van der Waals surface area (Å²) in [6.45, 7) is 2.89. The molecule has 104 valence electrons. The highest BCUT2D eigenvalue weighted by molar-refractivity contribution is 5.78. The lowest BCUT2D eigenvalue weighted by Gasteiger charge is -2.21. The molecule has 0 heterocycles. The molecule has 0 aliphatic rings. The van der Waals surface area contributed by atoms with E-state index in [0.29, 0.717) is 18.7 Å². The number of hydrogen-bond acceptors (Lipinski definition) is 3. The minimum atomic E-state index is -0.480. The Morgan fingerprint density at radius 2 is 2.30 bits per heavy atom. The third kappa shape index (κ3) is 4.38. The summed E-state index contributed by atoms with van der Waals surface area (Å²) in [7, 11) is 0. The van der Waals surface area contributed by atoms with Crippen LogP contribution < -0.4 is 5.32 Å². The summed E-state index contributed by atoms with van der Waals surface area (Å²) in [5.41, 5.74) is 0.646. The standard InChI is InChI=1S/C15H16FN3O/c1-3-7-18-10-15(20)19(4-2)11-13-6-5-12(9-17)8-14(13)16/h1,5-6,8,18H,4,7,10-11H2,2H3. The number of amides is 1. The van der Waals surface area contributed by atoms with Crippen molar-refractivity contribution in [1.82, 2.24) is 10.2 Å². The van der Waals surface area contributed by atoms with Gasteiger partial charge in [-0.3, -0.25) is 10.1 Å². The SMILES string of the molecule is C#CCNCC(=O)N(CC)Cc1ccc(C#N)cc1F. The van der Waals surface area contributed by atoms with Crippen molar-refractivity contribution in [3.8, 4) is 18.4 Å². The highest BCUT2D eigenvalue weighted by atomic mass is 19.1. The Balaban J connectivity index is 2.71. The Morgan fingerprint density at radius 3 is 2.85 bits per heavy atom. The molecule has 20 heavy (non-hydrogen) atoms. The zero-order valence-electron chi connectivity index (χ0n) is 11.3. The van der Waals surface area contributed by atoms with Crippen LogP contribution >= 0.6 is 0 Å². The molecule has 0 fully saturated rings. The van der Waals surface area contributed by atoms with Gasteiger partial charge in [-0.2, -0.15) is 5.26 Å². The summed E-state index contributed by atoms with van der Waals surface area (Å²) in [5.74, 6) is 1.75. The molecular formula is C15H16FN3O. The van der Waals surface area contributed by atoms with E-state index in [9.17, 15) is 9.18 Å². The van der Waals surface area contributed by atoms with E-state index >= 15 is 0 Å². The van der Waals surface area contributed by atoms with Gasteiger partial charge in [-0.25, -0.2) is 4.39 Å². The third-order valence-corrected chi connectivity index (χ3v) is 2.78. The van der Waals surface area contributed by atoms with Crippen molar-refractivity contribution >= 4 is 5.91 Å². The lowest BCUT2D eigenvalue weighted by molar-refractivity contribution is -0.130. The molecule has 0 atom stereocenters. The number of benzene rings is 1. The van der Waals surface area contributed by atoms with Crippen LogP contribution in [0.15, 0.2) is 18.2 Å². The monoisotopic (exact) mass is 273 g/mol. The van der Waals surface area contributed by atoms with Crippen molar-refractivity contribution in [2.45, 2.75) is 13.5 Å². The molecule has 1 amide bonds. The molecule has 1 N–H and O–H groups in total.